The Morgan fingerprint density at radius 2 is 2.00 bits per heavy atom. The predicted molar refractivity (Wildman–Crippen MR) is 79.6 cm³/mol. The molecule has 4 nitrogen and oxygen atoms in total. The van der Waals surface area contributed by atoms with E-state index in [1.54, 1.807) is 30.0 Å². The molecule has 19 heavy (non-hydrogen) atoms. The van der Waals surface area contributed by atoms with Crippen LogP contribution in [0.15, 0.2) is 41.4 Å². The number of aryl methyl sites for hydroxylation is 1. The lowest BCUT2D eigenvalue weighted by molar-refractivity contribution is 0.102. The lowest BCUT2D eigenvalue weighted by atomic mass is 10.2. The van der Waals surface area contributed by atoms with Crippen LogP contribution in [-0.2, 0) is 0 Å². The van der Waals surface area contributed by atoms with E-state index in [1.165, 1.54) is 6.20 Å². The number of amides is 1. The van der Waals surface area contributed by atoms with E-state index in [9.17, 15) is 4.79 Å². The molecule has 5 heteroatoms. The number of nitrogens with two attached hydrogens (primary N) is 1. The summed E-state index contributed by atoms with van der Waals surface area (Å²) in [6.45, 7) is 1.86. The Morgan fingerprint density at radius 1 is 1.32 bits per heavy atom. The molecule has 0 aliphatic rings. The summed E-state index contributed by atoms with van der Waals surface area (Å²) >= 11 is 1.64. The first-order valence-corrected chi connectivity index (χ1v) is 7.00. The molecule has 1 heterocycles. The summed E-state index contributed by atoms with van der Waals surface area (Å²) in [5, 5.41) is 2.78. The van der Waals surface area contributed by atoms with Crippen LogP contribution in [0.25, 0.3) is 0 Å². The van der Waals surface area contributed by atoms with Gasteiger partial charge in [0.2, 0.25) is 0 Å². The minimum atomic E-state index is -0.173. The van der Waals surface area contributed by atoms with Crippen molar-refractivity contribution in [2.75, 3.05) is 17.3 Å². The number of aromatic nitrogens is 1. The molecular weight excluding hydrogens is 258 g/mol. The van der Waals surface area contributed by atoms with Crippen LogP contribution in [0.3, 0.4) is 0 Å². The van der Waals surface area contributed by atoms with Crippen molar-refractivity contribution in [3.05, 3.63) is 47.7 Å². The molecule has 0 aliphatic carbocycles. The predicted octanol–water partition coefficient (Wildman–Crippen LogP) is 2.95. The number of nitrogens with one attached hydrogen (secondary N) is 1. The maximum absolute atomic E-state index is 12.1. The van der Waals surface area contributed by atoms with Gasteiger partial charge in [0.15, 0.2) is 0 Å². The average molecular weight is 273 g/mol. The number of carbonyl (C=O) groups is 1. The molecule has 0 saturated heterocycles. The molecule has 0 unspecified atom stereocenters. The molecule has 0 spiro atoms. The minimum absolute atomic E-state index is 0.173. The number of nitrogens with zero attached hydrogens (tertiary/aromatic N) is 1. The largest absolute Gasteiger partial charge is 0.397 e. The third-order valence-corrected chi connectivity index (χ3v) is 3.43. The molecule has 0 fully saturated rings. The topological polar surface area (TPSA) is 68.0 Å². The maximum atomic E-state index is 12.1. The van der Waals surface area contributed by atoms with Crippen LogP contribution < -0.4 is 11.1 Å². The molecule has 1 aromatic carbocycles. The zero-order valence-corrected chi connectivity index (χ0v) is 11.6. The summed E-state index contributed by atoms with van der Waals surface area (Å²) in [5.41, 5.74) is 7.66. The molecule has 0 radical (unpaired) electrons. The standard InChI is InChI=1S/C14H15N3OS/c1-9-7-11(15)8-16-13(9)17-14(18)10-3-5-12(19-2)6-4-10/h3-8H,15H2,1-2H3,(H,16,17,18). The number of hydrogen-bond donors (Lipinski definition) is 2. The van der Waals surface area contributed by atoms with E-state index in [0.717, 1.165) is 10.5 Å². The Labute approximate surface area is 116 Å². The van der Waals surface area contributed by atoms with Crippen molar-refractivity contribution in [2.45, 2.75) is 11.8 Å². The maximum Gasteiger partial charge on any atom is 0.256 e. The molecule has 1 aromatic heterocycles. The summed E-state index contributed by atoms with van der Waals surface area (Å²) in [6.07, 6.45) is 3.52. The van der Waals surface area contributed by atoms with Gasteiger partial charge in [0.1, 0.15) is 5.82 Å². The number of carbonyl (C=O) groups excluding carboxylic acids is 1. The van der Waals surface area contributed by atoms with Crippen molar-refractivity contribution in [1.29, 1.82) is 0 Å². The van der Waals surface area contributed by atoms with Crippen LogP contribution in [0.5, 0.6) is 0 Å². The lowest BCUT2D eigenvalue weighted by Crippen LogP contribution is -2.14. The number of hydrogen-bond acceptors (Lipinski definition) is 4. The molecule has 0 atom stereocenters. The van der Waals surface area contributed by atoms with Crippen molar-refractivity contribution in [3.8, 4) is 0 Å². The molecule has 2 rings (SSSR count). The fourth-order valence-electron chi connectivity index (χ4n) is 1.65. The number of rotatable bonds is 3. The fraction of sp³-hybridized carbons (Fsp3) is 0.143. The number of nitrogen functional groups attached to an aromatic ring is 1. The molecule has 2 aromatic rings. The average Bonchev–Trinajstić information content (AvgIpc) is 2.42. The Balaban J connectivity index is 2.15. The smallest absolute Gasteiger partial charge is 0.256 e. The summed E-state index contributed by atoms with van der Waals surface area (Å²) in [5.74, 6) is 0.362. The highest BCUT2D eigenvalue weighted by Gasteiger charge is 2.08. The van der Waals surface area contributed by atoms with E-state index in [1.807, 2.05) is 25.3 Å². The number of benzene rings is 1. The van der Waals surface area contributed by atoms with Crippen molar-refractivity contribution in [1.82, 2.24) is 4.98 Å². The molecule has 0 aliphatic heterocycles. The van der Waals surface area contributed by atoms with Gasteiger partial charge in [0.25, 0.3) is 5.91 Å². The molecule has 0 bridgehead atoms. The van der Waals surface area contributed by atoms with Gasteiger partial charge in [-0.2, -0.15) is 0 Å². The lowest BCUT2D eigenvalue weighted by Gasteiger charge is -2.08. The second-order valence-corrected chi connectivity index (χ2v) is 5.00. The molecular formula is C14H15N3OS. The molecule has 98 valence electrons. The van der Waals surface area contributed by atoms with Gasteiger partial charge in [0, 0.05) is 10.5 Å². The van der Waals surface area contributed by atoms with Crippen molar-refractivity contribution < 1.29 is 4.79 Å². The molecule has 0 saturated carbocycles. The van der Waals surface area contributed by atoms with Crippen LogP contribution in [-0.4, -0.2) is 17.1 Å². The van der Waals surface area contributed by atoms with Crippen molar-refractivity contribution in [2.24, 2.45) is 0 Å². The minimum Gasteiger partial charge on any atom is -0.397 e. The van der Waals surface area contributed by atoms with E-state index < -0.39 is 0 Å². The van der Waals surface area contributed by atoms with E-state index in [4.69, 9.17) is 5.73 Å². The zero-order chi connectivity index (χ0) is 13.8. The Bertz CT molecular complexity index is 596. The van der Waals surface area contributed by atoms with Gasteiger partial charge in [0.05, 0.1) is 11.9 Å². The van der Waals surface area contributed by atoms with Gasteiger partial charge >= 0.3 is 0 Å². The number of anilines is 2. The number of pyridine rings is 1. The third-order valence-electron chi connectivity index (χ3n) is 2.68. The Hall–Kier alpha value is -2.01. The normalized spacial score (nSPS) is 10.2. The highest BCUT2D eigenvalue weighted by molar-refractivity contribution is 7.98. The monoisotopic (exact) mass is 273 g/mol. The van der Waals surface area contributed by atoms with E-state index >= 15 is 0 Å². The summed E-state index contributed by atoms with van der Waals surface area (Å²) < 4.78 is 0. The van der Waals surface area contributed by atoms with Crippen LogP contribution in [0.4, 0.5) is 11.5 Å². The van der Waals surface area contributed by atoms with Crippen LogP contribution in [0, 0.1) is 6.92 Å². The van der Waals surface area contributed by atoms with Gasteiger partial charge in [-0.1, -0.05) is 0 Å². The van der Waals surface area contributed by atoms with E-state index in [0.29, 0.717) is 17.1 Å². The second-order valence-electron chi connectivity index (χ2n) is 4.12. The second kappa shape index (κ2) is 5.75. The Kier molecular flexibility index (Phi) is 4.06. The van der Waals surface area contributed by atoms with Crippen LogP contribution in [0.2, 0.25) is 0 Å². The first kappa shape index (κ1) is 13.4. The van der Waals surface area contributed by atoms with Gasteiger partial charge in [-0.3, -0.25) is 4.79 Å². The van der Waals surface area contributed by atoms with Crippen LogP contribution in [0.1, 0.15) is 15.9 Å². The summed E-state index contributed by atoms with van der Waals surface area (Å²) in [6, 6.07) is 9.22. The van der Waals surface area contributed by atoms with Gasteiger partial charge in [-0.25, -0.2) is 4.98 Å². The highest BCUT2D eigenvalue weighted by atomic mass is 32.2. The van der Waals surface area contributed by atoms with Crippen molar-refractivity contribution >= 4 is 29.2 Å². The first-order valence-electron chi connectivity index (χ1n) is 5.77. The Morgan fingerprint density at radius 3 is 2.58 bits per heavy atom. The molecule has 1 amide bonds. The van der Waals surface area contributed by atoms with E-state index in [2.05, 4.69) is 10.3 Å². The highest BCUT2D eigenvalue weighted by Crippen LogP contribution is 2.17. The van der Waals surface area contributed by atoms with Crippen LogP contribution >= 0.6 is 11.8 Å². The van der Waals surface area contributed by atoms with Gasteiger partial charge in [-0.05, 0) is 49.1 Å². The summed E-state index contributed by atoms with van der Waals surface area (Å²) in [7, 11) is 0. The quantitative estimate of drug-likeness (QED) is 0.844. The number of thioether (sulfide) groups is 1. The van der Waals surface area contributed by atoms with Gasteiger partial charge < -0.3 is 11.1 Å². The van der Waals surface area contributed by atoms with Gasteiger partial charge in [-0.15, -0.1) is 11.8 Å². The SMILES string of the molecule is CSc1ccc(C(=O)Nc2ncc(N)cc2C)cc1. The molecule has 3 N–H and O–H groups in total. The fourth-order valence-corrected chi connectivity index (χ4v) is 2.06. The third kappa shape index (κ3) is 3.26. The summed E-state index contributed by atoms with van der Waals surface area (Å²) in [4.78, 5) is 17.3. The zero-order valence-electron chi connectivity index (χ0n) is 10.8. The van der Waals surface area contributed by atoms with Crippen molar-refractivity contribution in [3.63, 3.8) is 0 Å². The first-order chi connectivity index (χ1) is 9.10. The van der Waals surface area contributed by atoms with E-state index in [-0.39, 0.29) is 5.91 Å².